The van der Waals surface area contributed by atoms with E-state index in [1.807, 2.05) is 130 Å². The van der Waals surface area contributed by atoms with Gasteiger partial charge in [-0.3, -0.25) is 15.0 Å². The molecule has 0 radical (unpaired) electrons. The number of hydrogen-bond acceptors (Lipinski definition) is 12. The van der Waals surface area contributed by atoms with E-state index < -0.39 is 78.5 Å². The molecule has 328 valence electrons. The number of hydrogen-bond donors (Lipinski definition) is 1. The predicted octanol–water partition coefficient (Wildman–Crippen LogP) is 8.20. The second-order valence-corrected chi connectivity index (χ2v) is 22.6. The van der Waals surface area contributed by atoms with Crippen LogP contribution in [0, 0.1) is 5.41 Å². The fraction of sp³-hybridized carbons (Fsp3) is 0.370. The van der Waals surface area contributed by atoms with Gasteiger partial charge in [-0.05, 0) is 44.6 Å². The Morgan fingerprint density at radius 2 is 1.18 bits per heavy atom. The number of carbonyl (C=O) groups excluding carboxylic acids is 4. The van der Waals surface area contributed by atoms with Crippen molar-refractivity contribution >= 4 is 83.3 Å². The predicted molar refractivity (Wildman–Crippen MR) is 237 cm³/mol. The first-order valence-electron chi connectivity index (χ1n) is 20.0. The van der Waals surface area contributed by atoms with E-state index in [1.54, 1.807) is 0 Å². The summed E-state index contributed by atoms with van der Waals surface area (Å²) in [7, 11) is -3.64. The second kappa shape index (κ2) is 19.7. The molecule has 0 bridgehead atoms. The summed E-state index contributed by atoms with van der Waals surface area (Å²) in [4.78, 5) is 52.2. The van der Waals surface area contributed by atoms with E-state index in [0.717, 1.165) is 39.6 Å². The van der Waals surface area contributed by atoms with Crippen LogP contribution in [-0.2, 0) is 47.2 Å². The topological polar surface area (TPSA) is 157 Å². The third-order valence-corrected chi connectivity index (χ3v) is 16.3. The third kappa shape index (κ3) is 10.5. The molecule has 2 aliphatic rings. The van der Waals surface area contributed by atoms with Gasteiger partial charge in [0, 0.05) is 19.3 Å². The Balaban J connectivity index is 1.41. The molecule has 1 N–H and O–H groups in total. The molecule has 6 rings (SSSR count). The van der Waals surface area contributed by atoms with E-state index in [4.69, 9.17) is 73.1 Å². The van der Waals surface area contributed by atoms with Crippen LogP contribution in [-0.4, -0.2) is 85.8 Å². The van der Waals surface area contributed by atoms with Crippen molar-refractivity contribution in [3.05, 3.63) is 120 Å². The van der Waals surface area contributed by atoms with Gasteiger partial charge in [-0.25, -0.2) is 4.79 Å². The molecule has 1 aliphatic carbocycles. The van der Waals surface area contributed by atoms with Gasteiger partial charge in [0.25, 0.3) is 12.1 Å². The minimum absolute atomic E-state index is 0.0535. The summed E-state index contributed by atoms with van der Waals surface area (Å²) in [5, 5.41) is 9.45. The number of carbonyl (C=O) groups is 4. The summed E-state index contributed by atoms with van der Waals surface area (Å²) >= 11 is 18.2. The average molecular weight is 925 g/mol. The Bertz CT molecular complexity index is 2160. The van der Waals surface area contributed by atoms with Crippen molar-refractivity contribution in [2.24, 2.45) is 0 Å². The van der Waals surface area contributed by atoms with E-state index in [-0.39, 0.29) is 31.1 Å². The van der Waals surface area contributed by atoms with Crippen LogP contribution >= 0.6 is 34.8 Å². The van der Waals surface area contributed by atoms with Gasteiger partial charge in [-0.1, -0.05) is 165 Å². The van der Waals surface area contributed by atoms with E-state index in [2.05, 4.69) is 0 Å². The van der Waals surface area contributed by atoms with Gasteiger partial charge in [0.05, 0.1) is 6.42 Å². The van der Waals surface area contributed by atoms with Crippen LogP contribution < -0.4 is 10.4 Å². The van der Waals surface area contributed by atoms with Crippen molar-refractivity contribution in [2.75, 3.05) is 13.2 Å². The highest BCUT2D eigenvalue weighted by Crippen LogP contribution is 2.45. The normalized spacial score (nSPS) is 20.0. The zero-order chi connectivity index (χ0) is 44.8. The first-order chi connectivity index (χ1) is 29.4. The van der Waals surface area contributed by atoms with Crippen molar-refractivity contribution in [3.8, 4) is 11.1 Å². The Kier molecular flexibility index (Phi) is 14.9. The third-order valence-electron chi connectivity index (χ3n) is 10.8. The minimum Gasteiger partial charge on any atom is -0.457 e. The highest BCUT2D eigenvalue weighted by atomic mass is 35.6. The van der Waals surface area contributed by atoms with Crippen molar-refractivity contribution in [1.29, 1.82) is 5.41 Å². The molecule has 1 saturated heterocycles. The lowest BCUT2D eigenvalue weighted by Gasteiger charge is -2.51. The maximum absolute atomic E-state index is 13.7. The summed E-state index contributed by atoms with van der Waals surface area (Å²) < 4.78 is 40.7. The molecule has 1 heterocycles. The van der Waals surface area contributed by atoms with Gasteiger partial charge in [0.15, 0.2) is 12.2 Å². The zero-order valence-corrected chi connectivity index (χ0v) is 38.1. The largest absolute Gasteiger partial charge is 0.508 e. The van der Waals surface area contributed by atoms with E-state index >= 15 is 0 Å². The molecular formula is C46H48Cl3NO11Si. The lowest BCUT2D eigenvalue weighted by molar-refractivity contribution is -0.286. The fourth-order valence-corrected chi connectivity index (χ4v) is 12.9. The molecule has 1 fully saturated rings. The number of benzene rings is 4. The molecule has 1 aliphatic heterocycles. The van der Waals surface area contributed by atoms with Crippen LogP contribution in [0.4, 0.5) is 4.79 Å². The molecule has 5 atom stereocenters. The lowest BCUT2D eigenvalue weighted by atomic mass is 9.98. The zero-order valence-electron chi connectivity index (χ0n) is 34.8. The standard InChI is InChI=1S/C46H48Cl3NO11Si/c1-28(51)24-25-38(53)59-39-37(27-56-44(54)55-26-36-34-22-14-12-20-32(34)33-21-13-15-23-35(33)36)58-42(60-43(50)46(47,48)49)41(57-29(2)52)40(39)61-62(45(3,4)5,30-16-8-6-9-17-30)31-18-10-7-11-19-31/h6-23,36-37,39-42,50H,24-27H2,1-5H3/t37-,39-,40+,41+,42?/m1/s1. The number of nitrogens with one attached hydrogen (secondary N) is 1. The Hall–Kier alpha value is -4.76. The number of Topliss-reactive ketones (excluding diaryl/α,β-unsaturated/α-hetero) is 1. The highest BCUT2D eigenvalue weighted by Gasteiger charge is 2.59. The van der Waals surface area contributed by atoms with Gasteiger partial charge < -0.3 is 37.6 Å². The number of esters is 2. The average Bonchev–Trinajstić information content (AvgIpc) is 3.55. The molecule has 0 saturated carbocycles. The molecule has 16 heteroatoms. The molecule has 12 nitrogen and oxygen atoms in total. The Morgan fingerprint density at radius 1 is 0.661 bits per heavy atom. The fourth-order valence-electron chi connectivity index (χ4n) is 8.05. The van der Waals surface area contributed by atoms with Crippen LogP contribution in [0.25, 0.3) is 11.1 Å². The van der Waals surface area contributed by atoms with Crippen molar-refractivity contribution in [2.45, 2.75) is 92.9 Å². The van der Waals surface area contributed by atoms with Gasteiger partial charge in [-0.15, -0.1) is 0 Å². The number of halogens is 3. The lowest BCUT2D eigenvalue weighted by Crippen LogP contribution is -2.73. The van der Waals surface area contributed by atoms with Gasteiger partial charge in [0.2, 0.25) is 12.2 Å². The summed E-state index contributed by atoms with van der Waals surface area (Å²) in [6, 6.07) is 34.7. The smallest absolute Gasteiger partial charge is 0.457 e. The first-order valence-corrected chi connectivity index (χ1v) is 23.1. The maximum Gasteiger partial charge on any atom is 0.508 e. The highest BCUT2D eigenvalue weighted by molar-refractivity contribution is 6.99. The molecule has 0 aromatic heterocycles. The van der Waals surface area contributed by atoms with Crippen LogP contribution in [0.5, 0.6) is 0 Å². The van der Waals surface area contributed by atoms with Crippen LogP contribution in [0.15, 0.2) is 109 Å². The molecular weight excluding hydrogens is 877 g/mol. The monoisotopic (exact) mass is 923 g/mol. The molecule has 4 aromatic rings. The molecule has 62 heavy (non-hydrogen) atoms. The Labute approximate surface area is 376 Å². The SMILES string of the molecule is CC(=O)CCC(=O)O[C@H]1[C@H](O[Si](c2ccccc2)(c2ccccc2)C(C)(C)C)[C@H](OC(C)=O)C(OC(=N)C(Cl)(Cl)Cl)O[C@@H]1COC(=O)OCC1c2ccccc2-c2ccccc21. The molecule has 0 spiro atoms. The van der Waals surface area contributed by atoms with Crippen molar-refractivity contribution in [1.82, 2.24) is 0 Å². The van der Waals surface area contributed by atoms with Gasteiger partial charge >= 0.3 is 18.1 Å². The Morgan fingerprint density at radius 3 is 1.68 bits per heavy atom. The maximum atomic E-state index is 13.7. The quantitative estimate of drug-likeness (QED) is 0.0325. The number of ether oxygens (including phenoxy) is 6. The number of ketones is 1. The second-order valence-electron chi connectivity index (χ2n) is 16.1. The minimum atomic E-state index is -3.64. The number of alkyl halides is 3. The van der Waals surface area contributed by atoms with Crippen LogP contribution in [0.2, 0.25) is 5.04 Å². The summed E-state index contributed by atoms with van der Waals surface area (Å²) in [6.45, 7) is 7.86. The summed E-state index contributed by atoms with van der Waals surface area (Å²) in [6.07, 6.45) is -9.21. The van der Waals surface area contributed by atoms with Gasteiger partial charge in [0.1, 0.15) is 31.2 Å². The first kappa shape index (κ1) is 46.7. The molecule has 0 amide bonds. The van der Waals surface area contributed by atoms with E-state index in [0.29, 0.717) is 0 Å². The number of fused-ring (bicyclic) bond motifs is 3. The van der Waals surface area contributed by atoms with Crippen LogP contribution in [0.1, 0.15) is 64.5 Å². The van der Waals surface area contributed by atoms with E-state index in [9.17, 15) is 19.2 Å². The summed E-state index contributed by atoms with van der Waals surface area (Å²) in [5.41, 5.74) is 4.06. The number of rotatable bonds is 14. The summed E-state index contributed by atoms with van der Waals surface area (Å²) in [5.74, 6) is -3.03. The molecule has 4 aromatic carbocycles. The van der Waals surface area contributed by atoms with E-state index in [1.165, 1.54) is 6.92 Å². The van der Waals surface area contributed by atoms with Gasteiger partial charge in [-0.2, -0.15) is 0 Å². The van der Waals surface area contributed by atoms with Crippen LogP contribution in [0.3, 0.4) is 0 Å². The van der Waals surface area contributed by atoms with Crippen molar-refractivity contribution in [3.63, 3.8) is 0 Å². The van der Waals surface area contributed by atoms with Crippen molar-refractivity contribution < 1.29 is 52.0 Å². The molecule has 1 unspecified atom stereocenters.